The van der Waals surface area contributed by atoms with Gasteiger partial charge in [0, 0.05) is 49.6 Å². The number of carbonyl (C=O) groups is 3. The number of benzene rings is 1. The van der Waals surface area contributed by atoms with Crippen LogP contribution in [0.1, 0.15) is 132 Å². The third kappa shape index (κ3) is 10.8. The maximum absolute atomic E-state index is 14.6. The summed E-state index contributed by atoms with van der Waals surface area (Å²) in [6, 6.07) is 4.71. The summed E-state index contributed by atoms with van der Waals surface area (Å²) in [5.74, 6) is -0.827. The summed E-state index contributed by atoms with van der Waals surface area (Å²) < 4.78 is 6.45. The molecule has 1 fully saturated rings. The first-order valence-electron chi connectivity index (χ1n) is 19.6. The Balaban J connectivity index is 1.52. The molecule has 3 amide bonds. The fraction of sp³-hybridized carbons (Fsp3) is 0.700. The van der Waals surface area contributed by atoms with Crippen LogP contribution in [0.4, 0.5) is 0 Å². The number of hydrogen-bond donors (Lipinski definition) is 4. The van der Waals surface area contributed by atoms with Crippen LogP contribution in [-0.2, 0) is 20.7 Å². The minimum Gasteiger partial charge on any atom is -0.508 e. The molecule has 1 aromatic heterocycles. The van der Waals surface area contributed by atoms with Crippen molar-refractivity contribution in [1.29, 1.82) is 0 Å². The van der Waals surface area contributed by atoms with Crippen molar-refractivity contribution >= 4 is 29.1 Å². The van der Waals surface area contributed by atoms with Crippen LogP contribution in [0.25, 0.3) is 0 Å². The Kier molecular flexibility index (Phi) is 15.9. The summed E-state index contributed by atoms with van der Waals surface area (Å²) in [7, 11) is 2.19. The quantitative estimate of drug-likeness (QED) is 0.142. The van der Waals surface area contributed by atoms with Gasteiger partial charge in [-0.3, -0.25) is 14.4 Å². The van der Waals surface area contributed by atoms with Gasteiger partial charge in [0.2, 0.25) is 11.8 Å². The number of carbonyl (C=O) groups excluding carboxylic acids is 3. The number of thiazole rings is 1. The summed E-state index contributed by atoms with van der Waals surface area (Å²) in [4.78, 5) is 49.8. The van der Waals surface area contributed by atoms with E-state index in [-0.39, 0.29) is 53.6 Å². The largest absolute Gasteiger partial charge is 0.508 e. The van der Waals surface area contributed by atoms with Crippen LogP contribution in [0.2, 0.25) is 0 Å². The van der Waals surface area contributed by atoms with Crippen LogP contribution in [0.15, 0.2) is 23.6 Å². The van der Waals surface area contributed by atoms with Crippen LogP contribution in [0.5, 0.6) is 5.75 Å². The van der Waals surface area contributed by atoms with Gasteiger partial charge >= 0.3 is 0 Å². The predicted molar refractivity (Wildman–Crippen MR) is 207 cm³/mol. The number of nitrogens with one attached hydrogen (secondary N) is 2. The van der Waals surface area contributed by atoms with Crippen LogP contribution in [-0.4, -0.2) is 95.1 Å². The van der Waals surface area contributed by atoms with Crippen LogP contribution in [0.3, 0.4) is 0 Å². The lowest BCUT2D eigenvalue weighted by Crippen LogP contribution is -2.56. The molecule has 0 bridgehead atoms. The number of phenols is 1. The van der Waals surface area contributed by atoms with Gasteiger partial charge in [-0.15, -0.1) is 11.3 Å². The van der Waals surface area contributed by atoms with Crippen LogP contribution in [0, 0.1) is 11.8 Å². The fourth-order valence-corrected chi connectivity index (χ4v) is 8.66. The third-order valence-corrected chi connectivity index (χ3v) is 12.0. The lowest BCUT2D eigenvalue weighted by atomic mass is 9.79. The molecular formula is C40H64N6O5S. The Morgan fingerprint density at radius 2 is 1.92 bits per heavy atom. The average Bonchev–Trinajstić information content (AvgIpc) is 3.62. The molecule has 1 aliphatic carbocycles. The SMILES string of the molecule is CCCO[C@H](C[C@H](C(C)C)N(CCC)C(=O)[C@@H](NC[C@H]1CCCCN1C)[C@@H](C)CC)c1nc(C(=O)NC2Cc3ccc(O)cc3[C@H](C(N)=O)C2)cs1. The molecule has 52 heavy (non-hydrogen) atoms. The maximum atomic E-state index is 14.6. The highest BCUT2D eigenvalue weighted by Crippen LogP contribution is 2.35. The number of primary amides is 1. The number of aromatic nitrogens is 1. The van der Waals surface area contributed by atoms with Gasteiger partial charge < -0.3 is 36.0 Å². The first kappa shape index (κ1) is 41.7. The van der Waals surface area contributed by atoms with E-state index >= 15 is 0 Å². The Morgan fingerprint density at radius 3 is 2.58 bits per heavy atom. The van der Waals surface area contributed by atoms with Crippen molar-refractivity contribution < 1.29 is 24.2 Å². The molecule has 4 rings (SSSR count). The molecule has 0 spiro atoms. The van der Waals surface area contributed by atoms with E-state index in [4.69, 9.17) is 15.5 Å². The highest BCUT2D eigenvalue weighted by Gasteiger charge is 2.37. The summed E-state index contributed by atoms with van der Waals surface area (Å²) in [6.45, 7) is 16.0. The molecule has 2 heterocycles. The lowest BCUT2D eigenvalue weighted by molar-refractivity contribution is -0.139. The van der Waals surface area contributed by atoms with E-state index in [1.54, 1.807) is 23.6 Å². The number of likely N-dealkylation sites (N-methyl/N-ethyl adjacent to an activating group) is 1. The number of nitrogens with two attached hydrogens (primary N) is 1. The molecule has 1 aliphatic heterocycles. The highest BCUT2D eigenvalue weighted by atomic mass is 32.1. The van der Waals surface area contributed by atoms with Crippen molar-refractivity contribution in [3.63, 3.8) is 0 Å². The predicted octanol–water partition coefficient (Wildman–Crippen LogP) is 5.77. The Hall–Kier alpha value is -3.06. The Morgan fingerprint density at radius 1 is 1.15 bits per heavy atom. The van der Waals surface area contributed by atoms with Gasteiger partial charge in [0.1, 0.15) is 22.6 Å². The molecule has 2 aliphatic rings. The molecular weight excluding hydrogens is 677 g/mol. The fourth-order valence-electron chi connectivity index (χ4n) is 7.80. The van der Waals surface area contributed by atoms with E-state index in [9.17, 15) is 19.5 Å². The molecule has 11 nitrogen and oxygen atoms in total. The molecule has 1 aromatic carbocycles. The Bertz CT molecular complexity index is 1470. The number of fused-ring (bicyclic) bond motifs is 1. The van der Waals surface area contributed by atoms with E-state index in [0.717, 1.165) is 44.3 Å². The van der Waals surface area contributed by atoms with E-state index in [1.807, 2.05) is 0 Å². The first-order valence-corrected chi connectivity index (χ1v) is 20.5. The number of piperidine rings is 1. The number of ether oxygens (including phenoxy) is 1. The second-order valence-corrected chi connectivity index (χ2v) is 16.2. The summed E-state index contributed by atoms with van der Waals surface area (Å²) in [6.07, 6.45) is 7.24. The molecule has 5 N–H and O–H groups in total. The molecule has 0 saturated carbocycles. The average molecular weight is 741 g/mol. The number of likely N-dealkylation sites (tertiary alicyclic amines) is 1. The first-order chi connectivity index (χ1) is 24.9. The number of aromatic hydroxyl groups is 1. The van der Waals surface area contributed by atoms with Gasteiger partial charge in [0.25, 0.3) is 5.91 Å². The molecule has 12 heteroatoms. The van der Waals surface area contributed by atoms with Gasteiger partial charge in [0.05, 0.1) is 12.0 Å². The van der Waals surface area contributed by atoms with Crippen molar-refractivity contribution in [1.82, 2.24) is 25.4 Å². The lowest BCUT2D eigenvalue weighted by Gasteiger charge is -2.40. The molecule has 1 unspecified atom stereocenters. The topological polar surface area (TPSA) is 150 Å². The third-order valence-electron chi connectivity index (χ3n) is 11.1. The molecule has 2 aromatic rings. The van der Waals surface area contributed by atoms with Crippen molar-refractivity contribution in [2.75, 3.05) is 33.3 Å². The van der Waals surface area contributed by atoms with Crippen molar-refractivity contribution in [2.24, 2.45) is 17.6 Å². The van der Waals surface area contributed by atoms with Crippen molar-refractivity contribution in [3.8, 4) is 5.75 Å². The number of amides is 3. The van der Waals surface area contributed by atoms with Gasteiger partial charge in [-0.1, -0.05) is 60.5 Å². The standard InChI is InChI=1S/C40H64N6O5S/c1-8-16-46(40(50)36(26(6)10-3)42-23-29-13-11-12-17-45(29)7)34(25(4)5)22-35(51-18-9-2)39-44-33(24-52-39)38(49)43-28-19-27-14-15-30(47)21-31(27)32(20-28)37(41)48/h14-15,21,24-26,28-29,32,34-36,42,47H,8-13,16-20,22-23H2,1-7H3,(H2,41,48)(H,43,49)/t26-,28?,29+,32+,34+,35+,36-/m0/s1. The molecule has 1 saturated heterocycles. The molecule has 7 atom stereocenters. The van der Waals surface area contributed by atoms with E-state index in [1.165, 1.54) is 24.2 Å². The second kappa shape index (κ2) is 19.9. The van der Waals surface area contributed by atoms with Crippen LogP contribution < -0.4 is 16.4 Å². The summed E-state index contributed by atoms with van der Waals surface area (Å²) in [5.41, 5.74) is 7.62. The minimum atomic E-state index is -0.607. The van der Waals surface area contributed by atoms with Crippen LogP contribution >= 0.6 is 11.3 Å². The number of phenolic OH excluding ortho intramolecular Hbond substituents is 1. The van der Waals surface area contributed by atoms with Gasteiger partial charge in [-0.25, -0.2) is 4.98 Å². The smallest absolute Gasteiger partial charge is 0.270 e. The zero-order chi connectivity index (χ0) is 37.9. The molecule has 290 valence electrons. The molecule has 0 radical (unpaired) electrons. The zero-order valence-corrected chi connectivity index (χ0v) is 33.3. The second-order valence-electron chi connectivity index (χ2n) is 15.4. The van der Waals surface area contributed by atoms with E-state index < -0.39 is 11.8 Å². The van der Waals surface area contributed by atoms with Crippen molar-refractivity contribution in [2.45, 2.75) is 136 Å². The number of hydrogen-bond acceptors (Lipinski definition) is 9. The van der Waals surface area contributed by atoms with Gasteiger partial charge in [-0.05, 0) is 87.2 Å². The summed E-state index contributed by atoms with van der Waals surface area (Å²) >= 11 is 1.40. The normalized spacial score (nSPS) is 21.6. The van der Waals surface area contributed by atoms with Gasteiger partial charge in [0.15, 0.2) is 0 Å². The number of rotatable bonds is 19. The zero-order valence-electron chi connectivity index (χ0n) is 32.5. The Labute approximate surface area is 315 Å². The van der Waals surface area contributed by atoms with E-state index in [0.29, 0.717) is 54.7 Å². The monoisotopic (exact) mass is 740 g/mol. The van der Waals surface area contributed by atoms with Crippen molar-refractivity contribution in [3.05, 3.63) is 45.4 Å². The number of nitrogens with zero attached hydrogens (tertiary/aromatic N) is 3. The van der Waals surface area contributed by atoms with E-state index in [2.05, 4.69) is 69.0 Å². The minimum absolute atomic E-state index is 0.0823. The maximum Gasteiger partial charge on any atom is 0.270 e. The summed E-state index contributed by atoms with van der Waals surface area (Å²) in [5, 5.41) is 19.3. The van der Waals surface area contributed by atoms with Gasteiger partial charge in [-0.2, -0.15) is 0 Å². The highest BCUT2D eigenvalue weighted by molar-refractivity contribution is 7.09.